The molecule has 0 fully saturated rings. The van der Waals surface area contributed by atoms with Crippen LogP contribution in [0.1, 0.15) is 37.2 Å². The molecule has 0 saturated carbocycles. The van der Waals surface area contributed by atoms with E-state index in [0.717, 1.165) is 12.1 Å². The van der Waals surface area contributed by atoms with Gasteiger partial charge in [0.05, 0.1) is 19.4 Å². The van der Waals surface area contributed by atoms with Crippen LogP contribution in [-0.4, -0.2) is 61.7 Å². The summed E-state index contributed by atoms with van der Waals surface area (Å²) in [6, 6.07) is 7.61. The minimum Gasteiger partial charge on any atom is -0.495 e. The second-order valence-electron chi connectivity index (χ2n) is 6.77. The van der Waals surface area contributed by atoms with E-state index >= 15 is 0 Å². The number of ether oxygens (including phenoxy) is 2. The molecule has 30 heavy (non-hydrogen) atoms. The monoisotopic (exact) mass is 434 g/mol. The Hall–Kier alpha value is -2.65. The molecule has 0 saturated heterocycles. The highest BCUT2D eigenvalue weighted by Crippen LogP contribution is 2.28. The lowest BCUT2D eigenvalue weighted by atomic mass is 10.2. The predicted octanol–water partition coefficient (Wildman–Crippen LogP) is 3.29. The smallest absolute Gasteiger partial charge is 0.273 e. The number of carbonyl (C=O) groups is 2. The molecule has 1 heterocycles. The lowest BCUT2D eigenvalue weighted by Gasteiger charge is -2.21. The van der Waals surface area contributed by atoms with Crippen LogP contribution in [-0.2, 0) is 9.53 Å². The Labute approximate surface area is 181 Å². The molecule has 2 aromatic rings. The Balaban J connectivity index is 2.04. The van der Waals surface area contributed by atoms with E-state index in [2.05, 4.69) is 15.6 Å². The number of hydrogen-bond donors (Lipinski definition) is 2. The number of anilines is 2. The molecule has 0 unspecified atom stereocenters. The van der Waals surface area contributed by atoms with Crippen LogP contribution < -0.4 is 15.4 Å². The Kier molecular flexibility index (Phi) is 9.56. The number of amides is 2. The number of benzene rings is 1. The SMILES string of the molecule is CC[C@H](C)NC(=O)CCN(CCOC)C(=O)c1csc(Nc2ccccc2OC)n1. The standard InChI is InChI=1S/C21H30N4O4S/c1-5-15(2)22-19(26)10-11-25(12-13-28-3)20(27)17-14-30-21(24-17)23-16-8-6-7-9-18(16)29-4/h6-9,14-15H,5,10-13H2,1-4H3,(H,22,26)(H,23,24)/t15-/m0/s1. The van der Waals surface area contributed by atoms with Crippen LogP contribution in [0.3, 0.4) is 0 Å². The van der Waals surface area contributed by atoms with Crippen LogP contribution in [0.2, 0.25) is 0 Å². The molecule has 0 bridgehead atoms. The lowest BCUT2D eigenvalue weighted by molar-refractivity contribution is -0.121. The van der Waals surface area contributed by atoms with Crippen molar-refractivity contribution < 1.29 is 19.1 Å². The number of para-hydroxylation sites is 2. The fourth-order valence-electron chi connectivity index (χ4n) is 2.66. The normalized spacial score (nSPS) is 11.6. The molecule has 1 aromatic heterocycles. The zero-order chi connectivity index (χ0) is 21.9. The fourth-order valence-corrected chi connectivity index (χ4v) is 3.35. The molecular formula is C21H30N4O4S. The lowest BCUT2D eigenvalue weighted by Crippen LogP contribution is -2.39. The highest BCUT2D eigenvalue weighted by Gasteiger charge is 2.20. The van der Waals surface area contributed by atoms with E-state index in [1.807, 2.05) is 38.1 Å². The molecule has 0 radical (unpaired) electrons. The van der Waals surface area contributed by atoms with Gasteiger partial charge in [-0.25, -0.2) is 4.98 Å². The molecule has 1 atom stereocenters. The Bertz CT molecular complexity index is 827. The molecule has 2 amide bonds. The van der Waals surface area contributed by atoms with Crippen molar-refractivity contribution in [1.82, 2.24) is 15.2 Å². The number of nitrogens with one attached hydrogen (secondary N) is 2. The average Bonchev–Trinajstić information content (AvgIpc) is 3.22. The number of hydrogen-bond acceptors (Lipinski definition) is 7. The Morgan fingerprint density at radius 2 is 2.00 bits per heavy atom. The third-order valence-corrected chi connectivity index (χ3v) is 5.31. The first-order valence-electron chi connectivity index (χ1n) is 9.91. The zero-order valence-corrected chi connectivity index (χ0v) is 18.8. The quantitative estimate of drug-likeness (QED) is 0.533. The molecule has 1 aromatic carbocycles. The van der Waals surface area contributed by atoms with Crippen molar-refractivity contribution in [2.45, 2.75) is 32.7 Å². The third kappa shape index (κ3) is 7.00. The van der Waals surface area contributed by atoms with Crippen molar-refractivity contribution in [2.24, 2.45) is 0 Å². The van der Waals surface area contributed by atoms with Gasteiger partial charge in [-0.2, -0.15) is 0 Å². The van der Waals surface area contributed by atoms with Gasteiger partial charge in [-0.3, -0.25) is 9.59 Å². The Morgan fingerprint density at radius 3 is 2.70 bits per heavy atom. The predicted molar refractivity (Wildman–Crippen MR) is 119 cm³/mol. The molecule has 9 heteroatoms. The van der Waals surface area contributed by atoms with Gasteiger partial charge in [-0.15, -0.1) is 11.3 Å². The maximum Gasteiger partial charge on any atom is 0.273 e. The second-order valence-corrected chi connectivity index (χ2v) is 7.63. The largest absolute Gasteiger partial charge is 0.495 e. The van der Waals surface area contributed by atoms with E-state index in [4.69, 9.17) is 9.47 Å². The fraction of sp³-hybridized carbons (Fsp3) is 0.476. The number of nitrogens with zero attached hydrogens (tertiary/aromatic N) is 2. The van der Waals surface area contributed by atoms with Gasteiger partial charge in [0.15, 0.2) is 5.13 Å². The van der Waals surface area contributed by atoms with Crippen molar-refractivity contribution in [1.29, 1.82) is 0 Å². The van der Waals surface area contributed by atoms with E-state index in [0.29, 0.717) is 36.3 Å². The van der Waals surface area contributed by atoms with Crippen LogP contribution in [0, 0.1) is 0 Å². The van der Waals surface area contributed by atoms with Crippen LogP contribution in [0.15, 0.2) is 29.6 Å². The van der Waals surface area contributed by atoms with Crippen molar-refractivity contribution in [2.75, 3.05) is 39.2 Å². The molecule has 0 aliphatic rings. The topological polar surface area (TPSA) is 92.8 Å². The molecule has 0 aliphatic heterocycles. The number of methoxy groups -OCH3 is 2. The van der Waals surface area contributed by atoms with Crippen molar-refractivity contribution in [3.05, 3.63) is 35.3 Å². The van der Waals surface area contributed by atoms with Gasteiger partial charge >= 0.3 is 0 Å². The molecule has 2 N–H and O–H groups in total. The highest BCUT2D eigenvalue weighted by molar-refractivity contribution is 7.14. The number of aromatic nitrogens is 1. The minimum atomic E-state index is -0.229. The average molecular weight is 435 g/mol. The second kappa shape index (κ2) is 12.1. The van der Waals surface area contributed by atoms with Gasteiger partial charge in [0.25, 0.3) is 5.91 Å². The number of rotatable bonds is 12. The zero-order valence-electron chi connectivity index (χ0n) is 17.9. The van der Waals surface area contributed by atoms with Gasteiger partial charge < -0.3 is 25.0 Å². The van der Waals surface area contributed by atoms with Crippen LogP contribution in [0.4, 0.5) is 10.8 Å². The summed E-state index contributed by atoms with van der Waals surface area (Å²) in [5.74, 6) is 0.388. The summed E-state index contributed by atoms with van der Waals surface area (Å²) in [4.78, 5) is 31.1. The summed E-state index contributed by atoms with van der Waals surface area (Å²) in [7, 11) is 3.18. The number of thiazole rings is 1. The molecular weight excluding hydrogens is 404 g/mol. The first-order chi connectivity index (χ1) is 14.5. The summed E-state index contributed by atoms with van der Waals surface area (Å²) in [6.07, 6.45) is 1.09. The van der Waals surface area contributed by atoms with Gasteiger partial charge in [0.1, 0.15) is 11.4 Å². The molecule has 2 rings (SSSR count). The first-order valence-corrected chi connectivity index (χ1v) is 10.8. The van der Waals surface area contributed by atoms with Gasteiger partial charge in [0, 0.05) is 38.0 Å². The first kappa shape index (κ1) is 23.6. The van der Waals surface area contributed by atoms with Gasteiger partial charge in [0.2, 0.25) is 5.91 Å². The summed E-state index contributed by atoms with van der Waals surface area (Å²) >= 11 is 1.33. The van der Waals surface area contributed by atoms with Crippen molar-refractivity contribution >= 4 is 34.0 Å². The van der Waals surface area contributed by atoms with Gasteiger partial charge in [-0.1, -0.05) is 19.1 Å². The maximum absolute atomic E-state index is 13.0. The summed E-state index contributed by atoms with van der Waals surface area (Å²) < 4.78 is 10.4. The molecule has 0 aliphatic carbocycles. The Morgan fingerprint density at radius 1 is 1.23 bits per heavy atom. The van der Waals surface area contributed by atoms with E-state index in [1.54, 1.807) is 24.5 Å². The van der Waals surface area contributed by atoms with E-state index in [9.17, 15) is 9.59 Å². The van der Waals surface area contributed by atoms with Crippen molar-refractivity contribution in [3.8, 4) is 5.75 Å². The summed E-state index contributed by atoms with van der Waals surface area (Å²) in [5, 5.41) is 8.39. The van der Waals surface area contributed by atoms with E-state index < -0.39 is 0 Å². The summed E-state index contributed by atoms with van der Waals surface area (Å²) in [5.41, 5.74) is 1.10. The molecule has 0 spiro atoms. The summed E-state index contributed by atoms with van der Waals surface area (Å²) in [6.45, 7) is 5.04. The van der Waals surface area contributed by atoms with Crippen LogP contribution in [0.25, 0.3) is 0 Å². The van der Waals surface area contributed by atoms with Crippen LogP contribution in [0.5, 0.6) is 5.75 Å². The minimum absolute atomic E-state index is 0.0728. The molecule has 164 valence electrons. The van der Waals surface area contributed by atoms with Crippen molar-refractivity contribution in [3.63, 3.8) is 0 Å². The van der Waals surface area contributed by atoms with Crippen LogP contribution >= 0.6 is 11.3 Å². The van der Waals surface area contributed by atoms with E-state index in [1.165, 1.54) is 11.3 Å². The van der Waals surface area contributed by atoms with E-state index in [-0.39, 0.29) is 24.3 Å². The number of carbonyl (C=O) groups excluding carboxylic acids is 2. The third-order valence-electron chi connectivity index (χ3n) is 4.55. The maximum atomic E-state index is 13.0. The highest BCUT2D eigenvalue weighted by atomic mass is 32.1. The molecule has 8 nitrogen and oxygen atoms in total. The van der Waals surface area contributed by atoms with Gasteiger partial charge in [-0.05, 0) is 25.5 Å².